The number of carbonyl (C=O) groups excluding carboxylic acids is 1. The molecule has 0 saturated carbocycles. The molecule has 1 aliphatic rings. The van der Waals surface area contributed by atoms with E-state index in [1.54, 1.807) is 0 Å². The molecule has 3 rings (SSSR count). The van der Waals surface area contributed by atoms with Crippen LogP contribution in [0.2, 0.25) is 0 Å². The summed E-state index contributed by atoms with van der Waals surface area (Å²) in [6, 6.07) is 12.2. The fraction of sp³-hybridized carbons (Fsp3) is 0.409. The number of rotatable bonds is 4. The summed E-state index contributed by atoms with van der Waals surface area (Å²) in [6.45, 7) is 13.8. The molecule has 138 valence electrons. The van der Waals surface area contributed by atoms with Gasteiger partial charge in [0.25, 0.3) is 5.91 Å². The number of amides is 1. The highest BCUT2D eigenvalue weighted by molar-refractivity contribution is 6.05. The number of benzene rings is 2. The summed E-state index contributed by atoms with van der Waals surface area (Å²) >= 11 is 0. The van der Waals surface area contributed by atoms with Gasteiger partial charge in [-0.05, 0) is 68.3 Å². The highest BCUT2D eigenvalue weighted by Crippen LogP contribution is 2.25. The summed E-state index contributed by atoms with van der Waals surface area (Å²) in [6.07, 6.45) is 0. The first kappa shape index (κ1) is 18.5. The average Bonchev–Trinajstić information content (AvgIpc) is 2.65. The molecule has 4 nitrogen and oxygen atoms in total. The highest BCUT2D eigenvalue weighted by Gasteiger charge is 2.17. The Labute approximate surface area is 156 Å². The third-order valence-corrected chi connectivity index (χ3v) is 5.49. The molecule has 2 aromatic carbocycles. The van der Waals surface area contributed by atoms with Crippen LogP contribution < -0.4 is 10.2 Å². The van der Waals surface area contributed by atoms with Gasteiger partial charge < -0.3 is 15.1 Å². The van der Waals surface area contributed by atoms with Crippen molar-refractivity contribution >= 4 is 17.3 Å². The molecule has 0 spiro atoms. The van der Waals surface area contributed by atoms with Crippen LogP contribution in [0.15, 0.2) is 36.4 Å². The summed E-state index contributed by atoms with van der Waals surface area (Å²) in [5, 5.41) is 3.08. The van der Waals surface area contributed by atoms with Crippen molar-refractivity contribution in [3.8, 4) is 0 Å². The minimum atomic E-state index is -0.0430. The van der Waals surface area contributed by atoms with Crippen LogP contribution in [-0.2, 0) is 0 Å². The van der Waals surface area contributed by atoms with Gasteiger partial charge in [-0.25, -0.2) is 0 Å². The Morgan fingerprint density at radius 2 is 1.73 bits per heavy atom. The number of likely N-dealkylation sites (N-methyl/N-ethyl adjacent to an activating group) is 1. The predicted molar refractivity (Wildman–Crippen MR) is 109 cm³/mol. The van der Waals surface area contributed by atoms with Gasteiger partial charge in [0.2, 0.25) is 0 Å². The van der Waals surface area contributed by atoms with Crippen LogP contribution in [0.5, 0.6) is 0 Å². The van der Waals surface area contributed by atoms with E-state index in [0.29, 0.717) is 0 Å². The number of hydrogen-bond acceptors (Lipinski definition) is 3. The smallest absolute Gasteiger partial charge is 0.255 e. The summed E-state index contributed by atoms with van der Waals surface area (Å²) < 4.78 is 0. The molecule has 1 saturated heterocycles. The maximum atomic E-state index is 12.7. The maximum absolute atomic E-state index is 12.7. The van der Waals surface area contributed by atoms with Gasteiger partial charge in [-0.2, -0.15) is 0 Å². The molecule has 0 aromatic heterocycles. The highest BCUT2D eigenvalue weighted by atomic mass is 16.1. The van der Waals surface area contributed by atoms with E-state index < -0.39 is 0 Å². The molecular weight excluding hydrogens is 322 g/mol. The molecule has 0 unspecified atom stereocenters. The minimum Gasteiger partial charge on any atom is -0.369 e. The first-order valence-electron chi connectivity index (χ1n) is 9.45. The Bertz CT molecular complexity index is 792. The van der Waals surface area contributed by atoms with Gasteiger partial charge in [-0.1, -0.05) is 19.1 Å². The number of carbonyl (C=O) groups is 1. The summed E-state index contributed by atoms with van der Waals surface area (Å²) in [5.74, 6) is -0.0430. The quantitative estimate of drug-likeness (QED) is 0.904. The summed E-state index contributed by atoms with van der Waals surface area (Å²) in [7, 11) is 0. The lowest BCUT2D eigenvalue weighted by Crippen LogP contribution is -2.46. The van der Waals surface area contributed by atoms with Gasteiger partial charge in [0.1, 0.15) is 0 Å². The van der Waals surface area contributed by atoms with Crippen LogP contribution in [0, 0.1) is 20.8 Å². The number of hydrogen-bond donors (Lipinski definition) is 1. The molecule has 2 aromatic rings. The van der Waals surface area contributed by atoms with Crippen LogP contribution in [0.1, 0.15) is 34.0 Å². The molecule has 0 bridgehead atoms. The fourth-order valence-electron chi connectivity index (χ4n) is 3.49. The zero-order chi connectivity index (χ0) is 18.7. The molecule has 4 heteroatoms. The van der Waals surface area contributed by atoms with Crippen molar-refractivity contribution in [1.82, 2.24) is 4.90 Å². The van der Waals surface area contributed by atoms with E-state index in [4.69, 9.17) is 0 Å². The summed E-state index contributed by atoms with van der Waals surface area (Å²) in [4.78, 5) is 17.6. The first-order valence-corrected chi connectivity index (χ1v) is 9.45. The van der Waals surface area contributed by atoms with Crippen LogP contribution in [-0.4, -0.2) is 43.5 Å². The second-order valence-corrected chi connectivity index (χ2v) is 7.12. The SMILES string of the molecule is CCN1CCN(c2ccc(NC(=O)c3cccc(C)c3C)c(C)c2)CC1. The van der Waals surface area contributed by atoms with E-state index in [1.165, 1.54) is 5.69 Å². The molecule has 0 radical (unpaired) electrons. The van der Waals surface area contributed by atoms with Gasteiger partial charge in [0.15, 0.2) is 0 Å². The fourth-order valence-corrected chi connectivity index (χ4v) is 3.49. The van der Waals surface area contributed by atoms with Gasteiger partial charge in [-0.3, -0.25) is 4.79 Å². The first-order chi connectivity index (χ1) is 12.5. The van der Waals surface area contributed by atoms with Crippen LogP contribution in [0.3, 0.4) is 0 Å². The van der Waals surface area contributed by atoms with Gasteiger partial charge in [0.05, 0.1) is 0 Å². The van der Waals surface area contributed by atoms with E-state index in [1.807, 2.05) is 38.1 Å². The van der Waals surface area contributed by atoms with E-state index >= 15 is 0 Å². The Hall–Kier alpha value is -2.33. The van der Waals surface area contributed by atoms with E-state index in [2.05, 4.69) is 41.1 Å². The summed E-state index contributed by atoms with van der Waals surface area (Å²) in [5.41, 5.74) is 6.13. The second kappa shape index (κ2) is 7.92. The van der Waals surface area contributed by atoms with Gasteiger partial charge in [-0.15, -0.1) is 0 Å². The molecule has 1 fully saturated rings. The van der Waals surface area contributed by atoms with Crippen LogP contribution in [0.4, 0.5) is 11.4 Å². The Kier molecular flexibility index (Phi) is 5.62. The van der Waals surface area contributed by atoms with E-state index in [0.717, 1.165) is 60.7 Å². The molecule has 0 aliphatic carbocycles. The van der Waals surface area contributed by atoms with Crippen LogP contribution >= 0.6 is 0 Å². The minimum absolute atomic E-state index is 0.0430. The second-order valence-electron chi connectivity index (χ2n) is 7.12. The monoisotopic (exact) mass is 351 g/mol. The van der Waals surface area contributed by atoms with Crippen molar-refractivity contribution in [3.05, 3.63) is 58.7 Å². The standard InChI is InChI=1S/C22H29N3O/c1-5-24-11-13-25(14-12-24)19-9-10-21(17(3)15-19)23-22(26)20-8-6-7-16(2)18(20)4/h6-10,15H,5,11-14H2,1-4H3,(H,23,26). The number of piperazine rings is 1. The lowest BCUT2D eigenvalue weighted by molar-refractivity contribution is 0.102. The topological polar surface area (TPSA) is 35.6 Å². The zero-order valence-electron chi connectivity index (χ0n) is 16.3. The third kappa shape index (κ3) is 3.91. The molecule has 0 atom stereocenters. The Morgan fingerprint density at radius 1 is 1.00 bits per heavy atom. The normalized spacial score (nSPS) is 15.2. The number of nitrogens with one attached hydrogen (secondary N) is 1. The maximum Gasteiger partial charge on any atom is 0.255 e. The van der Waals surface area contributed by atoms with Crippen molar-refractivity contribution in [2.24, 2.45) is 0 Å². The largest absolute Gasteiger partial charge is 0.369 e. The van der Waals surface area contributed by atoms with Crippen molar-refractivity contribution in [3.63, 3.8) is 0 Å². The molecular formula is C22H29N3O. The number of nitrogens with zero attached hydrogens (tertiary/aromatic N) is 2. The average molecular weight is 351 g/mol. The molecule has 1 aliphatic heterocycles. The Morgan fingerprint density at radius 3 is 2.38 bits per heavy atom. The van der Waals surface area contributed by atoms with E-state index in [9.17, 15) is 4.79 Å². The van der Waals surface area contributed by atoms with Crippen LogP contribution in [0.25, 0.3) is 0 Å². The van der Waals surface area contributed by atoms with Crippen molar-refractivity contribution in [2.45, 2.75) is 27.7 Å². The number of aryl methyl sites for hydroxylation is 2. The Balaban J connectivity index is 1.72. The van der Waals surface area contributed by atoms with Gasteiger partial charge in [0, 0.05) is 43.1 Å². The molecule has 1 amide bonds. The van der Waals surface area contributed by atoms with E-state index in [-0.39, 0.29) is 5.91 Å². The molecule has 1 N–H and O–H groups in total. The lowest BCUT2D eigenvalue weighted by Gasteiger charge is -2.35. The van der Waals surface area contributed by atoms with Crippen molar-refractivity contribution in [2.75, 3.05) is 42.9 Å². The zero-order valence-corrected chi connectivity index (χ0v) is 16.3. The molecule has 1 heterocycles. The predicted octanol–water partition coefficient (Wildman–Crippen LogP) is 4.01. The van der Waals surface area contributed by atoms with Gasteiger partial charge >= 0.3 is 0 Å². The molecule has 26 heavy (non-hydrogen) atoms. The number of anilines is 2. The van der Waals surface area contributed by atoms with Crippen molar-refractivity contribution in [1.29, 1.82) is 0 Å². The lowest BCUT2D eigenvalue weighted by atomic mass is 10.0. The third-order valence-electron chi connectivity index (χ3n) is 5.49. The van der Waals surface area contributed by atoms with Crippen molar-refractivity contribution < 1.29 is 4.79 Å².